The van der Waals surface area contributed by atoms with E-state index in [0.717, 1.165) is 25.1 Å². The summed E-state index contributed by atoms with van der Waals surface area (Å²) < 4.78 is 0. The van der Waals surface area contributed by atoms with Gasteiger partial charge in [0.05, 0.1) is 5.71 Å². The number of benzene rings is 2. The SMILES string of the molecule is C=CCN1[C@@H](c2ccccc2)CC(=NO)C[C@H]1c1ccccc1. The van der Waals surface area contributed by atoms with Crippen molar-refractivity contribution in [3.8, 4) is 0 Å². The van der Waals surface area contributed by atoms with Gasteiger partial charge in [-0.1, -0.05) is 71.9 Å². The molecule has 3 rings (SSSR count). The van der Waals surface area contributed by atoms with E-state index in [2.05, 4.69) is 65.2 Å². The van der Waals surface area contributed by atoms with E-state index in [0.29, 0.717) is 0 Å². The Morgan fingerprint density at radius 2 is 1.43 bits per heavy atom. The highest BCUT2D eigenvalue weighted by Crippen LogP contribution is 2.40. The quantitative estimate of drug-likeness (QED) is 0.510. The molecule has 118 valence electrons. The fourth-order valence-electron chi connectivity index (χ4n) is 3.44. The lowest BCUT2D eigenvalue weighted by molar-refractivity contribution is 0.138. The Labute approximate surface area is 137 Å². The standard InChI is InChI=1S/C20H22N2O/c1-2-13-22-19(16-9-5-3-6-10-16)14-18(21-23)15-20(22)17-11-7-4-8-12-17/h2-12,19-20,23H,1,13-15H2/t19-,20+. The molecule has 2 aromatic rings. The maximum Gasteiger partial charge on any atom is 0.0608 e. The molecule has 0 aromatic heterocycles. The molecule has 2 aromatic carbocycles. The van der Waals surface area contributed by atoms with Crippen LogP contribution < -0.4 is 0 Å². The number of nitrogens with zero attached hydrogens (tertiary/aromatic N) is 2. The van der Waals surface area contributed by atoms with Crippen LogP contribution in [0.3, 0.4) is 0 Å². The third-order valence-corrected chi connectivity index (χ3v) is 4.51. The van der Waals surface area contributed by atoms with E-state index < -0.39 is 0 Å². The summed E-state index contributed by atoms with van der Waals surface area (Å²) in [6.07, 6.45) is 3.45. The van der Waals surface area contributed by atoms with Crippen LogP contribution in [-0.2, 0) is 0 Å². The highest BCUT2D eigenvalue weighted by molar-refractivity contribution is 5.86. The Morgan fingerprint density at radius 1 is 0.957 bits per heavy atom. The zero-order valence-corrected chi connectivity index (χ0v) is 13.2. The fraction of sp³-hybridized carbons (Fsp3) is 0.250. The molecule has 1 fully saturated rings. The minimum absolute atomic E-state index is 0.194. The van der Waals surface area contributed by atoms with Gasteiger partial charge in [-0.2, -0.15) is 0 Å². The molecule has 3 nitrogen and oxygen atoms in total. The lowest BCUT2D eigenvalue weighted by Gasteiger charge is -2.42. The molecular formula is C20H22N2O. The molecule has 3 heteroatoms. The molecule has 2 atom stereocenters. The van der Waals surface area contributed by atoms with Crippen LogP contribution in [0, 0.1) is 0 Å². The first-order chi connectivity index (χ1) is 11.3. The highest BCUT2D eigenvalue weighted by atomic mass is 16.4. The summed E-state index contributed by atoms with van der Waals surface area (Å²) in [7, 11) is 0. The van der Waals surface area contributed by atoms with Crippen molar-refractivity contribution in [1.82, 2.24) is 4.90 Å². The lowest BCUT2D eigenvalue weighted by Crippen LogP contribution is -2.40. The second-order valence-corrected chi connectivity index (χ2v) is 5.91. The summed E-state index contributed by atoms with van der Waals surface area (Å²) in [5, 5.41) is 12.9. The van der Waals surface area contributed by atoms with E-state index in [1.807, 2.05) is 18.2 Å². The molecule has 1 aliphatic heterocycles. The van der Waals surface area contributed by atoms with E-state index in [4.69, 9.17) is 0 Å². The second-order valence-electron chi connectivity index (χ2n) is 5.91. The van der Waals surface area contributed by atoms with Gasteiger partial charge in [0.2, 0.25) is 0 Å². The summed E-state index contributed by atoms with van der Waals surface area (Å²) >= 11 is 0. The van der Waals surface area contributed by atoms with Gasteiger partial charge in [0, 0.05) is 31.5 Å². The second kappa shape index (κ2) is 7.25. The average molecular weight is 306 g/mol. The Bertz CT molecular complexity index is 615. The normalized spacial score (nSPS) is 23.7. The predicted molar refractivity (Wildman–Crippen MR) is 93.7 cm³/mol. The Balaban J connectivity index is 2.01. The number of oxime groups is 1. The van der Waals surface area contributed by atoms with Crippen molar-refractivity contribution in [3.05, 3.63) is 84.4 Å². The molecule has 0 unspecified atom stereocenters. The van der Waals surface area contributed by atoms with Gasteiger partial charge in [0.25, 0.3) is 0 Å². The fourth-order valence-corrected chi connectivity index (χ4v) is 3.44. The summed E-state index contributed by atoms with van der Waals surface area (Å²) in [4.78, 5) is 2.45. The van der Waals surface area contributed by atoms with E-state index in [9.17, 15) is 5.21 Å². The Morgan fingerprint density at radius 3 is 1.83 bits per heavy atom. The third-order valence-electron chi connectivity index (χ3n) is 4.51. The van der Waals surface area contributed by atoms with Crippen LogP contribution in [0.5, 0.6) is 0 Å². The molecular weight excluding hydrogens is 284 g/mol. The predicted octanol–water partition coefficient (Wildman–Crippen LogP) is 4.58. The maximum absolute atomic E-state index is 9.39. The van der Waals surface area contributed by atoms with Gasteiger partial charge in [-0.3, -0.25) is 4.90 Å². The molecule has 0 spiro atoms. The van der Waals surface area contributed by atoms with Crippen LogP contribution in [0.2, 0.25) is 0 Å². The molecule has 0 aliphatic carbocycles. The Hall–Kier alpha value is -2.39. The van der Waals surface area contributed by atoms with Crippen LogP contribution in [0.25, 0.3) is 0 Å². The van der Waals surface area contributed by atoms with Gasteiger partial charge in [0.15, 0.2) is 0 Å². The summed E-state index contributed by atoms with van der Waals surface area (Å²) in [6.45, 7) is 4.73. The molecule has 1 aliphatic rings. The number of hydrogen-bond acceptors (Lipinski definition) is 3. The minimum atomic E-state index is 0.194. The number of piperidine rings is 1. The van der Waals surface area contributed by atoms with Crippen molar-refractivity contribution in [1.29, 1.82) is 0 Å². The van der Waals surface area contributed by atoms with E-state index in [1.165, 1.54) is 11.1 Å². The largest absolute Gasteiger partial charge is 0.411 e. The number of rotatable bonds is 4. The van der Waals surface area contributed by atoms with E-state index >= 15 is 0 Å². The number of hydrogen-bond donors (Lipinski definition) is 1. The van der Waals surface area contributed by atoms with Gasteiger partial charge >= 0.3 is 0 Å². The van der Waals surface area contributed by atoms with Crippen LogP contribution >= 0.6 is 0 Å². The smallest absolute Gasteiger partial charge is 0.0608 e. The zero-order chi connectivity index (χ0) is 16.1. The monoisotopic (exact) mass is 306 g/mol. The van der Waals surface area contributed by atoms with Crippen LogP contribution in [-0.4, -0.2) is 22.4 Å². The van der Waals surface area contributed by atoms with Crippen LogP contribution in [0.1, 0.15) is 36.1 Å². The molecule has 1 heterocycles. The van der Waals surface area contributed by atoms with Gasteiger partial charge in [-0.15, -0.1) is 6.58 Å². The van der Waals surface area contributed by atoms with Crippen molar-refractivity contribution >= 4 is 5.71 Å². The van der Waals surface area contributed by atoms with Crippen molar-refractivity contribution in [2.45, 2.75) is 24.9 Å². The lowest BCUT2D eigenvalue weighted by atomic mass is 9.86. The average Bonchev–Trinajstić information content (AvgIpc) is 2.63. The van der Waals surface area contributed by atoms with Crippen LogP contribution in [0.4, 0.5) is 0 Å². The summed E-state index contributed by atoms with van der Waals surface area (Å²) in [5.74, 6) is 0. The molecule has 0 radical (unpaired) electrons. The van der Waals surface area contributed by atoms with Gasteiger partial charge in [-0.05, 0) is 11.1 Å². The Kier molecular flexibility index (Phi) is 4.89. The maximum atomic E-state index is 9.39. The van der Waals surface area contributed by atoms with E-state index in [-0.39, 0.29) is 12.1 Å². The first-order valence-electron chi connectivity index (χ1n) is 8.00. The first-order valence-corrected chi connectivity index (χ1v) is 8.00. The molecule has 0 amide bonds. The van der Waals surface area contributed by atoms with Crippen molar-refractivity contribution < 1.29 is 5.21 Å². The molecule has 23 heavy (non-hydrogen) atoms. The van der Waals surface area contributed by atoms with Crippen molar-refractivity contribution in [2.24, 2.45) is 5.16 Å². The van der Waals surface area contributed by atoms with Crippen LogP contribution in [0.15, 0.2) is 78.5 Å². The van der Waals surface area contributed by atoms with Crippen molar-refractivity contribution in [2.75, 3.05) is 6.54 Å². The van der Waals surface area contributed by atoms with Crippen molar-refractivity contribution in [3.63, 3.8) is 0 Å². The topological polar surface area (TPSA) is 35.8 Å². The molecule has 1 saturated heterocycles. The first kappa shape index (κ1) is 15.5. The minimum Gasteiger partial charge on any atom is -0.411 e. The molecule has 0 saturated carbocycles. The molecule has 0 bridgehead atoms. The van der Waals surface area contributed by atoms with E-state index in [1.54, 1.807) is 0 Å². The molecule has 1 N–H and O–H groups in total. The van der Waals surface area contributed by atoms with Gasteiger partial charge in [-0.25, -0.2) is 0 Å². The number of likely N-dealkylation sites (tertiary alicyclic amines) is 1. The summed E-state index contributed by atoms with van der Waals surface area (Å²) in [6, 6.07) is 21.2. The van der Waals surface area contributed by atoms with Gasteiger partial charge in [0.1, 0.15) is 0 Å². The third kappa shape index (κ3) is 3.35. The van der Waals surface area contributed by atoms with Gasteiger partial charge < -0.3 is 5.21 Å². The highest BCUT2D eigenvalue weighted by Gasteiger charge is 2.34. The zero-order valence-electron chi connectivity index (χ0n) is 13.2. The summed E-state index contributed by atoms with van der Waals surface area (Å²) in [5.41, 5.74) is 3.35.